The van der Waals surface area contributed by atoms with Crippen molar-refractivity contribution < 1.29 is 19.4 Å². The zero-order chi connectivity index (χ0) is 24.1. The van der Waals surface area contributed by atoms with Crippen molar-refractivity contribution in [1.82, 2.24) is 9.97 Å². The molecule has 0 unspecified atom stereocenters. The molecule has 2 heterocycles. The average Bonchev–Trinajstić information content (AvgIpc) is 2.85. The maximum absolute atomic E-state index is 12.1. The summed E-state index contributed by atoms with van der Waals surface area (Å²) in [6.45, 7) is 1.89. The fourth-order valence-electron chi connectivity index (χ4n) is 3.87. The van der Waals surface area contributed by atoms with Gasteiger partial charge in [0.15, 0.2) is 0 Å². The Labute approximate surface area is 197 Å². The van der Waals surface area contributed by atoms with Crippen molar-refractivity contribution in [2.24, 2.45) is 5.73 Å². The molecule has 1 aliphatic rings. The molecular weight excluding hydrogens is 436 g/mol. The van der Waals surface area contributed by atoms with E-state index >= 15 is 0 Å². The summed E-state index contributed by atoms with van der Waals surface area (Å²) < 4.78 is 10.6. The third-order valence-corrected chi connectivity index (χ3v) is 5.72. The molecule has 10 nitrogen and oxygen atoms in total. The third kappa shape index (κ3) is 5.12. The minimum atomic E-state index is -1.21. The number of amides is 1. The Balaban J connectivity index is 1.54. The van der Waals surface area contributed by atoms with Crippen LogP contribution in [0.25, 0.3) is 0 Å². The second-order valence-corrected chi connectivity index (χ2v) is 7.89. The number of nitrogens with one attached hydrogen (secondary N) is 1. The lowest BCUT2D eigenvalue weighted by molar-refractivity contribution is 0.204. The summed E-state index contributed by atoms with van der Waals surface area (Å²) in [7, 11) is 2.99. The molecule has 0 atom stereocenters. The van der Waals surface area contributed by atoms with Crippen molar-refractivity contribution in [2.45, 2.75) is 18.9 Å². The number of ether oxygens (including phenoxy) is 2. The maximum atomic E-state index is 12.1. The van der Waals surface area contributed by atoms with Crippen LogP contribution in [-0.2, 0) is 0 Å². The average molecular weight is 465 g/mol. The maximum Gasteiger partial charge on any atom is 0.417 e. The molecule has 2 aromatic carbocycles. The molecule has 34 heavy (non-hydrogen) atoms. The number of anilines is 5. The lowest BCUT2D eigenvalue weighted by Gasteiger charge is -2.32. The van der Waals surface area contributed by atoms with Crippen molar-refractivity contribution in [3.8, 4) is 11.5 Å². The number of methoxy groups -OCH3 is 2. The lowest BCUT2D eigenvalue weighted by atomic mass is 10.1. The second kappa shape index (κ2) is 10.3. The summed E-state index contributed by atoms with van der Waals surface area (Å²) in [6.07, 6.45) is 2.26. The number of nitrogens with zero attached hydrogens (tertiary/aromatic N) is 4. The molecule has 1 saturated heterocycles. The summed E-state index contributed by atoms with van der Waals surface area (Å²) >= 11 is 0. The van der Waals surface area contributed by atoms with Gasteiger partial charge in [0.2, 0.25) is 5.95 Å². The molecule has 0 bridgehead atoms. The Bertz CT molecular complexity index is 1130. The number of hydrogen-bond donors (Lipinski definition) is 3. The monoisotopic (exact) mass is 464 g/mol. The van der Waals surface area contributed by atoms with Gasteiger partial charge in [-0.05, 0) is 49.2 Å². The molecule has 1 amide bonds. The molecule has 1 fully saturated rings. The number of carboxylic acid groups (broad SMARTS) is 1. The number of piperidine rings is 1. The molecule has 0 spiro atoms. The minimum Gasteiger partial charge on any atom is -0.497 e. The van der Waals surface area contributed by atoms with Gasteiger partial charge in [0, 0.05) is 48.8 Å². The van der Waals surface area contributed by atoms with Gasteiger partial charge in [-0.1, -0.05) is 0 Å². The van der Waals surface area contributed by atoms with Crippen LogP contribution in [0, 0.1) is 0 Å². The number of benzene rings is 2. The van der Waals surface area contributed by atoms with Crippen LogP contribution in [0.2, 0.25) is 0 Å². The molecule has 1 aromatic heterocycles. The molecular formula is C24H28N6O4. The zero-order valence-corrected chi connectivity index (χ0v) is 19.1. The number of hydrogen-bond acceptors (Lipinski definition) is 8. The van der Waals surface area contributed by atoms with Gasteiger partial charge in [0.25, 0.3) is 0 Å². The smallest absolute Gasteiger partial charge is 0.417 e. The van der Waals surface area contributed by atoms with Gasteiger partial charge in [-0.3, -0.25) is 0 Å². The van der Waals surface area contributed by atoms with E-state index in [4.69, 9.17) is 15.2 Å². The number of carbonyl (C=O) groups is 1. The normalized spacial score (nSPS) is 13.9. The molecule has 4 rings (SSSR count). The Morgan fingerprint density at radius 3 is 2.50 bits per heavy atom. The molecule has 0 aliphatic carbocycles. The van der Waals surface area contributed by atoms with Crippen LogP contribution in [0.1, 0.15) is 12.8 Å². The van der Waals surface area contributed by atoms with Crippen LogP contribution < -0.4 is 30.3 Å². The van der Waals surface area contributed by atoms with E-state index in [1.54, 1.807) is 18.2 Å². The first-order chi connectivity index (χ1) is 16.5. The standard InChI is InChI=1S/C24H28N6O4/c1-33-19-7-8-20(21(15-19)34-2)30(24(31)32)22-9-12-26-23(28-22)27-17-3-5-18(6-4-17)29-13-10-16(25)11-14-29/h3-9,12,15-16H,10-11,13-14,25H2,1-2H3,(H,31,32)(H,26,27,28). The van der Waals surface area contributed by atoms with Crippen molar-refractivity contribution in [3.63, 3.8) is 0 Å². The molecule has 1 aliphatic heterocycles. The fourth-order valence-corrected chi connectivity index (χ4v) is 3.87. The van der Waals surface area contributed by atoms with E-state index in [9.17, 15) is 9.90 Å². The molecule has 4 N–H and O–H groups in total. The second-order valence-electron chi connectivity index (χ2n) is 7.89. The van der Waals surface area contributed by atoms with E-state index in [2.05, 4.69) is 20.2 Å². The Morgan fingerprint density at radius 1 is 1.12 bits per heavy atom. The van der Waals surface area contributed by atoms with E-state index in [0.717, 1.165) is 42.2 Å². The van der Waals surface area contributed by atoms with Crippen LogP contribution in [0.5, 0.6) is 11.5 Å². The van der Waals surface area contributed by atoms with E-state index in [0.29, 0.717) is 17.2 Å². The van der Waals surface area contributed by atoms with E-state index < -0.39 is 6.09 Å². The summed E-state index contributed by atoms with van der Waals surface area (Å²) in [6, 6.07) is 14.6. The van der Waals surface area contributed by atoms with Crippen LogP contribution in [-0.4, -0.2) is 54.5 Å². The van der Waals surface area contributed by atoms with Gasteiger partial charge < -0.3 is 30.5 Å². The molecule has 178 valence electrons. The van der Waals surface area contributed by atoms with Crippen LogP contribution in [0.15, 0.2) is 54.7 Å². The Hall–Kier alpha value is -4.05. The first kappa shape index (κ1) is 23.1. The quantitative estimate of drug-likeness (QED) is 0.476. The fraction of sp³-hybridized carbons (Fsp3) is 0.292. The van der Waals surface area contributed by atoms with Gasteiger partial charge >= 0.3 is 6.09 Å². The molecule has 3 aromatic rings. The highest BCUT2D eigenvalue weighted by Crippen LogP contribution is 2.36. The van der Waals surface area contributed by atoms with Crippen molar-refractivity contribution in [1.29, 1.82) is 0 Å². The zero-order valence-electron chi connectivity index (χ0n) is 19.1. The lowest BCUT2D eigenvalue weighted by Crippen LogP contribution is -2.39. The SMILES string of the molecule is COc1ccc(N(C(=O)O)c2ccnc(Nc3ccc(N4CCC(N)CC4)cc3)n2)c(OC)c1. The van der Waals surface area contributed by atoms with Crippen molar-refractivity contribution >= 4 is 34.9 Å². The van der Waals surface area contributed by atoms with E-state index in [1.807, 2.05) is 24.3 Å². The minimum absolute atomic E-state index is 0.176. The summed E-state index contributed by atoms with van der Waals surface area (Å²) in [5, 5.41) is 13.1. The highest BCUT2D eigenvalue weighted by Gasteiger charge is 2.23. The van der Waals surface area contributed by atoms with E-state index in [1.165, 1.54) is 26.5 Å². The highest BCUT2D eigenvalue weighted by molar-refractivity contribution is 5.95. The topological polar surface area (TPSA) is 126 Å². The van der Waals surface area contributed by atoms with Crippen molar-refractivity contribution in [3.05, 3.63) is 54.7 Å². The molecule has 10 heteroatoms. The predicted molar refractivity (Wildman–Crippen MR) is 131 cm³/mol. The first-order valence-corrected chi connectivity index (χ1v) is 10.9. The first-order valence-electron chi connectivity index (χ1n) is 10.9. The third-order valence-electron chi connectivity index (χ3n) is 5.72. The molecule has 0 radical (unpaired) electrons. The van der Waals surface area contributed by atoms with Crippen molar-refractivity contribution in [2.75, 3.05) is 42.4 Å². The number of rotatable bonds is 7. The van der Waals surface area contributed by atoms with Gasteiger partial charge in [0.1, 0.15) is 17.3 Å². The number of aromatic nitrogens is 2. The molecule has 0 saturated carbocycles. The largest absolute Gasteiger partial charge is 0.497 e. The summed E-state index contributed by atoms with van der Waals surface area (Å²) in [5.74, 6) is 1.33. The van der Waals surface area contributed by atoms with Crippen LogP contribution >= 0.6 is 0 Å². The van der Waals surface area contributed by atoms with Crippen LogP contribution in [0.4, 0.5) is 33.6 Å². The Kier molecular flexibility index (Phi) is 6.98. The highest BCUT2D eigenvalue weighted by atomic mass is 16.5. The van der Waals surface area contributed by atoms with Crippen LogP contribution in [0.3, 0.4) is 0 Å². The summed E-state index contributed by atoms with van der Waals surface area (Å²) in [4.78, 5) is 24.2. The van der Waals surface area contributed by atoms with Gasteiger partial charge in [-0.25, -0.2) is 14.7 Å². The van der Waals surface area contributed by atoms with E-state index in [-0.39, 0.29) is 17.8 Å². The Morgan fingerprint density at radius 2 is 1.85 bits per heavy atom. The predicted octanol–water partition coefficient (Wildman–Crippen LogP) is 3.98. The van der Waals surface area contributed by atoms with Gasteiger partial charge in [0.05, 0.1) is 19.9 Å². The summed E-state index contributed by atoms with van der Waals surface area (Å²) in [5.41, 5.74) is 8.24. The van der Waals surface area contributed by atoms with Gasteiger partial charge in [-0.2, -0.15) is 4.98 Å². The van der Waals surface area contributed by atoms with Gasteiger partial charge in [-0.15, -0.1) is 0 Å². The number of nitrogens with two attached hydrogens (primary N) is 1.